The number of hydrogen-bond acceptors (Lipinski definition) is 8. The van der Waals surface area contributed by atoms with Crippen LogP contribution >= 0.6 is 0 Å². The van der Waals surface area contributed by atoms with Gasteiger partial charge in [0.15, 0.2) is 5.75 Å². The number of nitrogens with zero attached hydrogens (tertiary/aromatic N) is 5. The molecule has 3 aromatic rings. The van der Waals surface area contributed by atoms with Crippen LogP contribution in [0.3, 0.4) is 0 Å². The molecule has 0 amide bonds. The Hall–Kier alpha value is -3.33. The molecule has 2 aliphatic carbocycles. The van der Waals surface area contributed by atoms with Crippen molar-refractivity contribution in [1.29, 1.82) is 0 Å². The summed E-state index contributed by atoms with van der Waals surface area (Å²) < 4.78 is 20.4. The summed E-state index contributed by atoms with van der Waals surface area (Å²) in [6.45, 7) is 5.43. The van der Waals surface area contributed by atoms with E-state index >= 15 is 0 Å². The Balaban J connectivity index is 1.61. The zero-order valence-corrected chi connectivity index (χ0v) is 19.1. The van der Waals surface area contributed by atoms with Gasteiger partial charge in [0, 0.05) is 43.9 Å². The van der Waals surface area contributed by atoms with Crippen LogP contribution in [0.25, 0.3) is 11.1 Å². The Bertz CT molecular complexity index is 1180. The number of aromatic nitrogens is 4. The molecule has 2 aliphatic rings. The van der Waals surface area contributed by atoms with Crippen molar-refractivity contribution in [2.75, 3.05) is 30.4 Å². The normalized spacial score (nSPS) is 18.3. The lowest BCUT2D eigenvalue weighted by molar-refractivity contribution is 0.260. The minimum Gasteiger partial charge on any atom is -0.421 e. The number of fused-ring (bicyclic) bond motifs is 3. The standard InChI is InChI=1S/C24H28FN7O/c1-4-32(12-14-5-6-19(14)26)23-22-18-7-15(25)8-20(27-3)17(18)9-21(22)30-24(31-23)33-16-10-28-13(2)29-11-16/h7-8,10-11,14,19,27H,4-6,9,12,26H2,1-3H3/t14?,19-/m1/s1. The summed E-state index contributed by atoms with van der Waals surface area (Å²) in [7, 11) is 1.80. The quantitative estimate of drug-likeness (QED) is 0.441. The van der Waals surface area contributed by atoms with Crippen LogP contribution in [0, 0.1) is 18.7 Å². The van der Waals surface area contributed by atoms with Crippen LogP contribution in [0.15, 0.2) is 24.5 Å². The van der Waals surface area contributed by atoms with Gasteiger partial charge in [0.25, 0.3) is 0 Å². The number of rotatable bonds is 7. The van der Waals surface area contributed by atoms with Gasteiger partial charge in [0.2, 0.25) is 0 Å². The number of nitrogens with one attached hydrogen (secondary N) is 1. The predicted octanol–water partition coefficient (Wildman–Crippen LogP) is 3.68. The molecule has 5 rings (SSSR count). The summed E-state index contributed by atoms with van der Waals surface area (Å²) in [6.07, 6.45) is 5.92. The Morgan fingerprint density at radius 2 is 2.00 bits per heavy atom. The fraction of sp³-hybridized carbons (Fsp3) is 0.417. The van der Waals surface area contributed by atoms with E-state index in [9.17, 15) is 4.39 Å². The van der Waals surface area contributed by atoms with E-state index in [1.165, 1.54) is 6.07 Å². The lowest BCUT2D eigenvalue weighted by Crippen LogP contribution is -2.46. The molecule has 9 heteroatoms. The molecule has 33 heavy (non-hydrogen) atoms. The Labute approximate surface area is 192 Å². The van der Waals surface area contributed by atoms with Crippen molar-refractivity contribution < 1.29 is 9.13 Å². The van der Waals surface area contributed by atoms with Gasteiger partial charge < -0.3 is 20.7 Å². The molecule has 1 fully saturated rings. The number of halogens is 1. The summed E-state index contributed by atoms with van der Waals surface area (Å²) in [5.41, 5.74) is 10.5. The van der Waals surface area contributed by atoms with Crippen LogP contribution in [0.2, 0.25) is 0 Å². The highest BCUT2D eigenvalue weighted by Gasteiger charge is 2.33. The number of hydrogen-bond donors (Lipinski definition) is 2. The number of anilines is 2. The Morgan fingerprint density at radius 1 is 1.21 bits per heavy atom. The van der Waals surface area contributed by atoms with Crippen molar-refractivity contribution in [3.05, 3.63) is 47.4 Å². The van der Waals surface area contributed by atoms with Crippen LogP contribution in [0.5, 0.6) is 11.8 Å². The van der Waals surface area contributed by atoms with Gasteiger partial charge in [-0.2, -0.15) is 9.97 Å². The molecule has 8 nitrogen and oxygen atoms in total. The maximum absolute atomic E-state index is 14.5. The molecular weight excluding hydrogens is 421 g/mol. The first-order valence-electron chi connectivity index (χ1n) is 11.3. The summed E-state index contributed by atoms with van der Waals surface area (Å²) in [5.74, 6) is 1.98. The van der Waals surface area contributed by atoms with E-state index in [1.54, 1.807) is 25.5 Å². The molecule has 2 atom stereocenters. The van der Waals surface area contributed by atoms with E-state index in [2.05, 4.69) is 27.1 Å². The fourth-order valence-electron chi connectivity index (χ4n) is 4.60. The number of benzene rings is 1. The van der Waals surface area contributed by atoms with E-state index in [-0.39, 0.29) is 17.9 Å². The highest BCUT2D eigenvalue weighted by Crippen LogP contribution is 2.45. The summed E-state index contributed by atoms with van der Waals surface area (Å²) in [4.78, 5) is 20.1. The maximum atomic E-state index is 14.5. The second-order valence-corrected chi connectivity index (χ2v) is 8.67. The predicted molar refractivity (Wildman–Crippen MR) is 125 cm³/mol. The molecule has 172 valence electrons. The van der Waals surface area contributed by atoms with Crippen LogP contribution < -0.4 is 20.7 Å². The molecule has 3 N–H and O–H groups in total. The van der Waals surface area contributed by atoms with Crippen molar-refractivity contribution >= 4 is 11.5 Å². The fourth-order valence-corrected chi connectivity index (χ4v) is 4.60. The highest BCUT2D eigenvalue weighted by molar-refractivity contribution is 5.88. The molecule has 2 heterocycles. The zero-order valence-electron chi connectivity index (χ0n) is 19.1. The summed E-state index contributed by atoms with van der Waals surface area (Å²) >= 11 is 0. The largest absolute Gasteiger partial charge is 0.421 e. The Kier molecular flexibility index (Phi) is 5.57. The molecule has 0 spiro atoms. The van der Waals surface area contributed by atoms with E-state index in [0.717, 1.165) is 59.8 Å². The molecule has 0 saturated heterocycles. The van der Waals surface area contributed by atoms with Gasteiger partial charge in [-0.05, 0) is 55.9 Å². The molecular formula is C24H28FN7O. The third kappa shape index (κ3) is 3.97. The number of aryl methyl sites for hydroxylation is 1. The van der Waals surface area contributed by atoms with Crippen molar-refractivity contribution in [2.24, 2.45) is 11.7 Å². The van der Waals surface area contributed by atoms with Crippen molar-refractivity contribution in [3.63, 3.8) is 0 Å². The molecule has 0 bridgehead atoms. The first kappa shape index (κ1) is 21.5. The molecule has 0 aliphatic heterocycles. The minimum atomic E-state index is -0.293. The van der Waals surface area contributed by atoms with Crippen LogP contribution in [-0.4, -0.2) is 46.1 Å². The first-order chi connectivity index (χ1) is 16.0. The maximum Gasteiger partial charge on any atom is 0.324 e. The average Bonchev–Trinajstić information content (AvgIpc) is 3.17. The lowest BCUT2D eigenvalue weighted by atomic mass is 9.80. The SMILES string of the molecule is CCN(CC1CC[C@H]1N)c1nc(Oc2cnc(C)nc2)nc2c1-c1cc(F)cc(NC)c1C2. The van der Waals surface area contributed by atoms with Crippen LogP contribution in [-0.2, 0) is 6.42 Å². The van der Waals surface area contributed by atoms with Crippen molar-refractivity contribution in [3.8, 4) is 22.9 Å². The topological polar surface area (TPSA) is 102 Å². The smallest absolute Gasteiger partial charge is 0.324 e. The van der Waals surface area contributed by atoms with Gasteiger partial charge in [-0.1, -0.05) is 0 Å². The van der Waals surface area contributed by atoms with E-state index in [0.29, 0.717) is 23.9 Å². The van der Waals surface area contributed by atoms with E-state index in [4.69, 9.17) is 20.4 Å². The summed E-state index contributed by atoms with van der Waals surface area (Å²) in [5, 5.41) is 3.12. The van der Waals surface area contributed by atoms with Crippen LogP contribution in [0.1, 0.15) is 36.8 Å². The third-order valence-corrected chi connectivity index (χ3v) is 6.62. The molecule has 1 saturated carbocycles. The zero-order chi connectivity index (χ0) is 23.1. The van der Waals surface area contributed by atoms with Gasteiger partial charge in [-0.15, -0.1) is 0 Å². The van der Waals surface area contributed by atoms with Gasteiger partial charge in [0.1, 0.15) is 17.5 Å². The molecule has 1 unspecified atom stereocenters. The second-order valence-electron chi connectivity index (χ2n) is 8.67. The highest BCUT2D eigenvalue weighted by atomic mass is 19.1. The van der Waals surface area contributed by atoms with Crippen molar-refractivity contribution in [2.45, 2.75) is 39.2 Å². The van der Waals surface area contributed by atoms with Gasteiger partial charge in [-0.3, -0.25) is 0 Å². The lowest BCUT2D eigenvalue weighted by Gasteiger charge is -2.38. The van der Waals surface area contributed by atoms with E-state index in [1.807, 2.05) is 6.92 Å². The molecule has 2 aromatic heterocycles. The number of nitrogens with two attached hydrogens (primary N) is 1. The van der Waals surface area contributed by atoms with Crippen molar-refractivity contribution in [1.82, 2.24) is 19.9 Å². The average molecular weight is 450 g/mol. The van der Waals surface area contributed by atoms with Gasteiger partial charge >= 0.3 is 6.01 Å². The minimum absolute atomic E-state index is 0.204. The van der Waals surface area contributed by atoms with Gasteiger partial charge in [0.05, 0.1) is 18.1 Å². The second kappa shape index (κ2) is 8.55. The van der Waals surface area contributed by atoms with E-state index < -0.39 is 0 Å². The first-order valence-corrected chi connectivity index (χ1v) is 11.3. The third-order valence-electron chi connectivity index (χ3n) is 6.62. The molecule has 1 aromatic carbocycles. The monoisotopic (exact) mass is 449 g/mol. The number of ether oxygens (including phenoxy) is 1. The summed E-state index contributed by atoms with van der Waals surface area (Å²) in [6, 6.07) is 3.53. The Morgan fingerprint density at radius 3 is 2.64 bits per heavy atom. The van der Waals surface area contributed by atoms with Crippen LogP contribution in [0.4, 0.5) is 15.9 Å². The van der Waals surface area contributed by atoms with Gasteiger partial charge in [-0.25, -0.2) is 14.4 Å². The molecule has 0 radical (unpaired) electrons.